The van der Waals surface area contributed by atoms with Gasteiger partial charge in [-0.3, -0.25) is 4.79 Å². The molecule has 4 nitrogen and oxygen atoms in total. The Kier molecular flexibility index (Phi) is 4.65. The molecule has 1 amide bonds. The quantitative estimate of drug-likeness (QED) is 0.814. The van der Waals surface area contributed by atoms with Gasteiger partial charge in [0.1, 0.15) is 5.75 Å². The predicted molar refractivity (Wildman–Crippen MR) is 86.1 cm³/mol. The van der Waals surface area contributed by atoms with Crippen molar-refractivity contribution in [1.82, 2.24) is 5.32 Å². The molecule has 1 saturated carbocycles. The predicted octanol–water partition coefficient (Wildman–Crippen LogP) is 2.79. The monoisotopic (exact) mass is 356 g/mol. The lowest BCUT2D eigenvalue weighted by Crippen LogP contribution is -2.54. The molecule has 3 N–H and O–H groups in total. The molecule has 0 atom stereocenters. The molecule has 0 aromatic heterocycles. The van der Waals surface area contributed by atoms with Gasteiger partial charge in [-0.1, -0.05) is 25.1 Å². The molecule has 0 radical (unpaired) electrons. The Morgan fingerprint density at radius 2 is 2.10 bits per heavy atom. The number of nitrogens with two attached hydrogens (primary N) is 1. The van der Waals surface area contributed by atoms with E-state index in [4.69, 9.17) is 22.7 Å². The van der Waals surface area contributed by atoms with Crippen LogP contribution in [0.3, 0.4) is 0 Å². The Morgan fingerprint density at radius 1 is 1.45 bits per heavy atom. The fraction of sp³-hybridized carbons (Fsp3) is 0.429. The molecule has 1 aliphatic carbocycles. The summed E-state index contributed by atoms with van der Waals surface area (Å²) in [6.45, 7) is 0. The molecular weight excluding hydrogens is 340 g/mol. The van der Waals surface area contributed by atoms with Crippen LogP contribution < -0.4 is 15.8 Å². The van der Waals surface area contributed by atoms with Crippen LogP contribution in [0, 0.1) is 0 Å². The van der Waals surface area contributed by atoms with Crippen molar-refractivity contribution in [3.8, 4) is 5.75 Å². The number of ether oxygens (including phenoxy) is 1. The second kappa shape index (κ2) is 6.10. The minimum atomic E-state index is -0.529. The summed E-state index contributed by atoms with van der Waals surface area (Å²) in [6, 6.07) is 5.21. The number of benzene rings is 1. The number of methoxy groups -OCH3 is 1. The summed E-state index contributed by atoms with van der Waals surface area (Å²) in [7, 11) is 1.58. The van der Waals surface area contributed by atoms with E-state index in [0.29, 0.717) is 16.3 Å². The van der Waals surface area contributed by atoms with Crippen molar-refractivity contribution >= 4 is 39.0 Å². The molecule has 1 aromatic rings. The standard InChI is InChI=1S/C14H17BrN2O2S/c1-19-11-5-4-9(8-10(11)15)12(18)17-14(13(16)20)6-2-3-7-14/h4-5,8H,2-3,6-7H2,1H3,(H2,16,20)(H,17,18). The van der Waals surface area contributed by atoms with Crippen LogP contribution in [-0.4, -0.2) is 23.5 Å². The van der Waals surface area contributed by atoms with Gasteiger partial charge < -0.3 is 15.8 Å². The van der Waals surface area contributed by atoms with E-state index < -0.39 is 5.54 Å². The summed E-state index contributed by atoms with van der Waals surface area (Å²) >= 11 is 8.51. The highest BCUT2D eigenvalue weighted by Crippen LogP contribution is 2.31. The van der Waals surface area contributed by atoms with Crippen molar-refractivity contribution in [2.24, 2.45) is 5.73 Å². The highest BCUT2D eigenvalue weighted by molar-refractivity contribution is 9.10. The number of rotatable bonds is 4. The van der Waals surface area contributed by atoms with E-state index >= 15 is 0 Å². The van der Waals surface area contributed by atoms with Crippen molar-refractivity contribution in [2.75, 3.05) is 7.11 Å². The molecule has 0 saturated heterocycles. The lowest BCUT2D eigenvalue weighted by molar-refractivity contribution is 0.0924. The first-order chi connectivity index (χ1) is 9.48. The van der Waals surface area contributed by atoms with E-state index in [1.165, 1.54) is 0 Å². The fourth-order valence-electron chi connectivity index (χ4n) is 2.51. The topological polar surface area (TPSA) is 64.3 Å². The first kappa shape index (κ1) is 15.3. The van der Waals surface area contributed by atoms with E-state index in [2.05, 4.69) is 21.2 Å². The molecule has 1 fully saturated rings. The molecule has 0 aliphatic heterocycles. The average molecular weight is 357 g/mol. The SMILES string of the molecule is COc1ccc(C(=O)NC2(C(N)=S)CCCC2)cc1Br. The van der Waals surface area contributed by atoms with Gasteiger partial charge in [-0.25, -0.2) is 0 Å². The molecule has 2 rings (SSSR count). The zero-order chi connectivity index (χ0) is 14.8. The summed E-state index contributed by atoms with van der Waals surface area (Å²) in [5.74, 6) is 0.523. The number of halogens is 1. The van der Waals surface area contributed by atoms with Crippen molar-refractivity contribution in [2.45, 2.75) is 31.2 Å². The number of hydrogen-bond acceptors (Lipinski definition) is 3. The summed E-state index contributed by atoms with van der Waals surface area (Å²) in [5.41, 5.74) is 5.85. The zero-order valence-corrected chi connectivity index (χ0v) is 13.6. The van der Waals surface area contributed by atoms with E-state index in [0.717, 1.165) is 30.2 Å². The number of carbonyl (C=O) groups excluding carboxylic acids is 1. The van der Waals surface area contributed by atoms with Crippen LogP contribution in [0.4, 0.5) is 0 Å². The van der Waals surface area contributed by atoms with Gasteiger partial charge in [0, 0.05) is 5.56 Å². The van der Waals surface area contributed by atoms with Crippen molar-refractivity contribution in [1.29, 1.82) is 0 Å². The van der Waals surface area contributed by atoms with Crippen LogP contribution in [0.25, 0.3) is 0 Å². The lowest BCUT2D eigenvalue weighted by Gasteiger charge is -2.29. The van der Waals surface area contributed by atoms with Gasteiger partial charge in [0.25, 0.3) is 5.91 Å². The average Bonchev–Trinajstić information content (AvgIpc) is 2.88. The first-order valence-electron chi connectivity index (χ1n) is 6.44. The van der Waals surface area contributed by atoms with Gasteiger partial charge in [0.2, 0.25) is 0 Å². The Labute approximate surface area is 132 Å². The molecule has 0 heterocycles. The lowest BCUT2D eigenvalue weighted by atomic mass is 9.97. The summed E-state index contributed by atoms with van der Waals surface area (Å²) in [4.78, 5) is 12.7. The molecule has 20 heavy (non-hydrogen) atoms. The Bertz CT molecular complexity index is 542. The molecule has 1 aliphatic rings. The minimum Gasteiger partial charge on any atom is -0.496 e. The van der Waals surface area contributed by atoms with Gasteiger partial charge in [-0.05, 0) is 47.0 Å². The van der Waals surface area contributed by atoms with Crippen LogP contribution in [0.5, 0.6) is 5.75 Å². The molecule has 0 unspecified atom stereocenters. The van der Waals surface area contributed by atoms with Gasteiger partial charge in [-0.2, -0.15) is 0 Å². The summed E-state index contributed by atoms with van der Waals surface area (Å²) in [6.07, 6.45) is 3.69. The maximum atomic E-state index is 12.4. The minimum absolute atomic E-state index is 0.164. The zero-order valence-electron chi connectivity index (χ0n) is 11.2. The van der Waals surface area contributed by atoms with Crippen molar-refractivity contribution < 1.29 is 9.53 Å². The maximum absolute atomic E-state index is 12.4. The first-order valence-corrected chi connectivity index (χ1v) is 7.64. The number of thiocarbonyl (C=S) groups is 1. The molecule has 6 heteroatoms. The Morgan fingerprint density at radius 3 is 2.60 bits per heavy atom. The Balaban J connectivity index is 2.19. The number of hydrogen-bond donors (Lipinski definition) is 2. The third kappa shape index (κ3) is 2.96. The summed E-state index contributed by atoms with van der Waals surface area (Å²) < 4.78 is 5.89. The van der Waals surface area contributed by atoms with Crippen LogP contribution in [0.1, 0.15) is 36.0 Å². The number of carbonyl (C=O) groups is 1. The van der Waals surface area contributed by atoms with E-state index in [1.54, 1.807) is 25.3 Å². The highest BCUT2D eigenvalue weighted by atomic mass is 79.9. The van der Waals surface area contributed by atoms with E-state index in [1.807, 2.05) is 0 Å². The molecule has 108 valence electrons. The third-order valence-electron chi connectivity index (χ3n) is 3.70. The Hall–Kier alpha value is -1.14. The van der Waals surface area contributed by atoms with E-state index in [-0.39, 0.29) is 5.91 Å². The molecule has 1 aromatic carbocycles. The van der Waals surface area contributed by atoms with E-state index in [9.17, 15) is 4.79 Å². The fourth-order valence-corrected chi connectivity index (χ4v) is 3.30. The normalized spacial score (nSPS) is 16.7. The highest BCUT2D eigenvalue weighted by Gasteiger charge is 2.38. The third-order valence-corrected chi connectivity index (χ3v) is 4.71. The van der Waals surface area contributed by atoms with Crippen molar-refractivity contribution in [3.05, 3.63) is 28.2 Å². The van der Waals surface area contributed by atoms with Gasteiger partial charge >= 0.3 is 0 Å². The van der Waals surface area contributed by atoms with Gasteiger partial charge in [0.05, 0.1) is 22.1 Å². The molecule has 0 bridgehead atoms. The summed E-state index contributed by atoms with van der Waals surface area (Å²) in [5, 5.41) is 3.01. The second-order valence-electron chi connectivity index (χ2n) is 4.96. The van der Waals surface area contributed by atoms with Gasteiger partial charge in [-0.15, -0.1) is 0 Å². The van der Waals surface area contributed by atoms with Crippen LogP contribution in [-0.2, 0) is 0 Å². The largest absolute Gasteiger partial charge is 0.496 e. The maximum Gasteiger partial charge on any atom is 0.252 e. The van der Waals surface area contributed by atoms with Crippen LogP contribution in [0.15, 0.2) is 22.7 Å². The van der Waals surface area contributed by atoms with Crippen LogP contribution in [0.2, 0.25) is 0 Å². The van der Waals surface area contributed by atoms with Crippen LogP contribution >= 0.6 is 28.1 Å². The number of nitrogens with one attached hydrogen (secondary N) is 1. The van der Waals surface area contributed by atoms with Gasteiger partial charge in [0.15, 0.2) is 0 Å². The second-order valence-corrected chi connectivity index (χ2v) is 6.25. The smallest absolute Gasteiger partial charge is 0.252 e. The molecule has 0 spiro atoms. The van der Waals surface area contributed by atoms with Crippen molar-refractivity contribution in [3.63, 3.8) is 0 Å². The molecular formula is C14H17BrN2O2S. The number of amides is 1.